The second-order valence-electron chi connectivity index (χ2n) is 5.66. The molecule has 0 atom stereocenters. The Morgan fingerprint density at radius 3 is 2.62 bits per heavy atom. The number of halogens is 3. The number of nitrogens with one attached hydrogen (secondary N) is 1. The highest BCUT2D eigenvalue weighted by molar-refractivity contribution is 5.94. The molecule has 2 aromatic carbocycles. The third kappa shape index (κ3) is 2.26. The number of rotatable bonds is 2. The van der Waals surface area contributed by atoms with Gasteiger partial charge in [0.2, 0.25) is 0 Å². The van der Waals surface area contributed by atoms with E-state index >= 15 is 0 Å². The molecule has 1 N–H and O–H groups in total. The molecular weight excluding hydrogens is 351 g/mol. The Bertz CT molecular complexity index is 1070. The molecule has 0 radical (unpaired) electrons. The number of nitro groups is 1. The van der Waals surface area contributed by atoms with Gasteiger partial charge in [0.25, 0.3) is 0 Å². The zero-order chi connectivity index (χ0) is 18.6. The molecule has 0 bridgehead atoms. The molecule has 1 aromatic heterocycles. The highest BCUT2D eigenvalue weighted by Crippen LogP contribution is 2.46. The van der Waals surface area contributed by atoms with E-state index in [0.29, 0.717) is 23.3 Å². The van der Waals surface area contributed by atoms with Crippen LogP contribution in [-0.2, 0) is 7.05 Å². The van der Waals surface area contributed by atoms with Crippen LogP contribution in [-0.4, -0.2) is 14.7 Å². The summed E-state index contributed by atoms with van der Waals surface area (Å²) < 4.78 is 43.0. The van der Waals surface area contributed by atoms with E-state index in [1.54, 1.807) is 7.05 Å². The molecule has 2 heterocycles. The zero-order valence-corrected chi connectivity index (χ0v) is 13.2. The van der Waals surface area contributed by atoms with Gasteiger partial charge in [0.15, 0.2) is 17.3 Å². The molecule has 3 aromatic rings. The third-order valence-electron chi connectivity index (χ3n) is 4.05. The van der Waals surface area contributed by atoms with Crippen LogP contribution in [0.2, 0.25) is 0 Å². The summed E-state index contributed by atoms with van der Waals surface area (Å²) in [5.74, 6) is -2.47. The maximum absolute atomic E-state index is 14.5. The summed E-state index contributed by atoms with van der Waals surface area (Å²) in [6.07, 6.45) is 1.48. The van der Waals surface area contributed by atoms with E-state index in [4.69, 9.17) is 0 Å². The first-order valence-electron chi connectivity index (χ1n) is 7.39. The molecule has 4 rings (SSSR count). The van der Waals surface area contributed by atoms with Crippen molar-refractivity contribution in [1.29, 1.82) is 0 Å². The SMILES string of the molecule is Cn1ncc2c1N(c1c(F)cc(F)cc1[N+](=O)[O-])Nc1cc(F)ccc1-2. The topological polar surface area (TPSA) is 76.2 Å². The highest BCUT2D eigenvalue weighted by atomic mass is 19.1. The molecule has 26 heavy (non-hydrogen) atoms. The maximum atomic E-state index is 14.5. The van der Waals surface area contributed by atoms with Gasteiger partial charge in [0.05, 0.1) is 22.9 Å². The molecule has 0 amide bonds. The van der Waals surface area contributed by atoms with Gasteiger partial charge < -0.3 is 0 Å². The number of anilines is 3. The Hall–Kier alpha value is -3.56. The minimum atomic E-state index is -1.14. The maximum Gasteiger partial charge on any atom is 0.300 e. The van der Waals surface area contributed by atoms with Gasteiger partial charge in [-0.3, -0.25) is 20.2 Å². The molecule has 0 unspecified atom stereocenters. The molecule has 0 saturated carbocycles. The number of hydrazine groups is 1. The molecule has 0 saturated heterocycles. The molecule has 1 aliphatic heterocycles. The summed E-state index contributed by atoms with van der Waals surface area (Å²) >= 11 is 0. The van der Waals surface area contributed by atoms with Crippen molar-refractivity contribution in [1.82, 2.24) is 9.78 Å². The van der Waals surface area contributed by atoms with E-state index in [-0.39, 0.29) is 11.5 Å². The van der Waals surface area contributed by atoms with Gasteiger partial charge in [0.1, 0.15) is 11.6 Å². The molecule has 1 aliphatic rings. The minimum Gasteiger partial charge on any atom is -0.291 e. The Morgan fingerprint density at radius 1 is 1.12 bits per heavy atom. The van der Waals surface area contributed by atoms with E-state index in [2.05, 4.69) is 10.5 Å². The van der Waals surface area contributed by atoms with Crippen LogP contribution in [0.4, 0.5) is 36.1 Å². The first-order valence-corrected chi connectivity index (χ1v) is 7.39. The number of fused-ring (bicyclic) bond motifs is 3. The van der Waals surface area contributed by atoms with Crippen LogP contribution in [0.25, 0.3) is 11.1 Å². The second-order valence-corrected chi connectivity index (χ2v) is 5.66. The number of benzene rings is 2. The predicted molar refractivity (Wildman–Crippen MR) is 87.4 cm³/mol. The third-order valence-corrected chi connectivity index (χ3v) is 4.05. The quantitative estimate of drug-likeness (QED) is 0.554. The standard InChI is InChI=1S/C16H10F3N5O2/c1-22-16-11(7-20-22)10-3-2-8(17)5-13(10)21-23(16)15-12(19)4-9(18)6-14(15)24(25)26/h2-7,21H,1H3. The number of aromatic nitrogens is 2. The van der Waals surface area contributed by atoms with Crippen LogP contribution >= 0.6 is 0 Å². The zero-order valence-electron chi connectivity index (χ0n) is 13.2. The van der Waals surface area contributed by atoms with Crippen LogP contribution in [0, 0.1) is 27.6 Å². The Labute approximate surface area is 144 Å². The van der Waals surface area contributed by atoms with Gasteiger partial charge in [-0.05, 0) is 18.2 Å². The van der Waals surface area contributed by atoms with Crippen molar-refractivity contribution in [2.45, 2.75) is 0 Å². The van der Waals surface area contributed by atoms with Crippen molar-refractivity contribution in [2.75, 3.05) is 10.4 Å². The monoisotopic (exact) mass is 361 g/mol. The Kier molecular flexibility index (Phi) is 3.36. The fourth-order valence-corrected chi connectivity index (χ4v) is 2.98. The molecular formula is C16H10F3N5O2. The summed E-state index contributed by atoms with van der Waals surface area (Å²) in [5, 5.41) is 16.5. The van der Waals surface area contributed by atoms with Crippen molar-refractivity contribution in [3.05, 3.63) is 64.1 Å². The summed E-state index contributed by atoms with van der Waals surface area (Å²) in [6.45, 7) is 0. The van der Waals surface area contributed by atoms with Gasteiger partial charge in [-0.1, -0.05) is 0 Å². The number of aryl methyl sites for hydroxylation is 1. The summed E-state index contributed by atoms with van der Waals surface area (Å²) in [5.41, 5.74) is 2.85. The van der Waals surface area contributed by atoms with E-state index in [1.807, 2.05) is 0 Å². The van der Waals surface area contributed by atoms with E-state index < -0.39 is 33.7 Å². The lowest BCUT2D eigenvalue weighted by Crippen LogP contribution is -2.31. The molecule has 7 nitrogen and oxygen atoms in total. The number of nitrogens with zero attached hydrogens (tertiary/aromatic N) is 4. The van der Waals surface area contributed by atoms with Crippen LogP contribution in [0.3, 0.4) is 0 Å². The Morgan fingerprint density at radius 2 is 1.88 bits per heavy atom. The number of nitro benzene ring substituents is 1. The summed E-state index contributed by atoms with van der Waals surface area (Å²) in [6, 6.07) is 5.11. The van der Waals surface area contributed by atoms with Crippen molar-refractivity contribution in [3.8, 4) is 11.1 Å². The van der Waals surface area contributed by atoms with Gasteiger partial charge in [0, 0.05) is 24.2 Å². The average molecular weight is 361 g/mol. The van der Waals surface area contributed by atoms with Crippen LogP contribution in [0.5, 0.6) is 0 Å². The summed E-state index contributed by atoms with van der Waals surface area (Å²) in [4.78, 5) is 10.5. The lowest BCUT2D eigenvalue weighted by molar-refractivity contribution is -0.384. The first-order chi connectivity index (χ1) is 12.4. The summed E-state index contributed by atoms with van der Waals surface area (Å²) in [7, 11) is 1.56. The number of hydrogen-bond acceptors (Lipinski definition) is 5. The van der Waals surface area contributed by atoms with Crippen molar-refractivity contribution in [3.63, 3.8) is 0 Å². The molecule has 10 heteroatoms. The highest BCUT2D eigenvalue weighted by Gasteiger charge is 2.34. The lowest BCUT2D eigenvalue weighted by Gasteiger charge is -2.32. The smallest absolute Gasteiger partial charge is 0.291 e. The first kappa shape index (κ1) is 15.9. The van der Waals surface area contributed by atoms with Gasteiger partial charge >= 0.3 is 5.69 Å². The average Bonchev–Trinajstić information content (AvgIpc) is 2.95. The van der Waals surface area contributed by atoms with Crippen molar-refractivity contribution < 1.29 is 18.1 Å². The fourth-order valence-electron chi connectivity index (χ4n) is 2.98. The Balaban J connectivity index is 2.00. The fraction of sp³-hybridized carbons (Fsp3) is 0.0625. The molecule has 0 spiro atoms. The van der Waals surface area contributed by atoms with Crippen molar-refractivity contribution in [2.24, 2.45) is 7.05 Å². The van der Waals surface area contributed by atoms with Crippen LogP contribution in [0.15, 0.2) is 36.5 Å². The van der Waals surface area contributed by atoms with Crippen LogP contribution in [0.1, 0.15) is 0 Å². The largest absolute Gasteiger partial charge is 0.300 e. The molecule has 132 valence electrons. The molecule has 0 aliphatic carbocycles. The lowest BCUT2D eigenvalue weighted by atomic mass is 10.0. The van der Waals surface area contributed by atoms with E-state index in [0.717, 1.165) is 5.01 Å². The van der Waals surface area contributed by atoms with Crippen molar-refractivity contribution >= 4 is 22.9 Å². The second kappa shape index (κ2) is 5.48. The number of hydrogen-bond donors (Lipinski definition) is 1. The minimum absolute atomic E-state index is 0.267. The predicted octanol–water partition coefficient (Wildman–Crippen LogP) is 3.89. The normalized spacial score (nSPS) is 12.4. The molecule has 0 fully saturated rings. The van der Waals surface area contributed by atoms with E-state index in [9.17, 15) is 23.3 Å². The van der Waals surface area contributed by atoms with E-state index in [1.165, 1.54) is 29.1 Å². The van der Waals surface area contributed by atoms with Gasteiger partial charge in [-0.2, -0.15) is 5.10 Å². The van der Waals surface area contributed by atoms with Crippen LogP contribution < -0.4 is 10.4 Å². The van der Waals surface area contributed by atoms with Gasteiger partial charge in [-0.25, -0.2) is 18.2 Å². The van der Waals surface area contributed by atoms with Gasteiger partial charge in [-0.15, -0.1) is 0 Å².